The Kier molecular flexibility index (Phi) is 4.87. The normalized spacial score (nSPS) is 16.1. The Morgan fingerprint density at radius 3 is 2.84 bits per heavy atom. The predicted molar refractivity (Wildman–Crippen MR) is 120 cm³/mol. The molecule has 4 N–H and O–H groups in total. The maximum atomic E-state index is 15.2. The Morgan fingerprint density at radius 2 is 2.12 bits per heavy atom. The van der Waals surface area contributed by atoms with Crippen molar-refractivity contribution in [1.82, 2.24) is 15.0 Å². The van der Waals surface area contributed by atoms with Gasteiger partial charge in [-0.15, -0.1) is 0 Å². The first-order valence-electron chi connectivity index (χ1n) is 10.4. The lowest BCUT2D eigenvalue weighted by molar-refractivity contribution is 0.518. The van der Waals surface area contributed by atoms with E-state index in [1.807, 2.05) is 6.92 Å². The average molecular weight is 433 g/mol. The number of aromatic amines is 1. The Labute approximate surface area is 182 Å². The van der Waals surface area contributed by atoms with E-state index in [2.05, 4.69) is 31.2 Å². The third-order valence-electron chi connectivity index (χ3n) is 5.85. The van der Waals surface area contributed by atoms with Crippen LogP contribution < -0.4 is 16.0 Å². The molecule has 0 spiro atoms. The smallest absolute Gasteiger partial charge is 0.169 e. The first kappa shape index (κ1) is 20.2. The van der Waals surface area contributed by atoms with Gasteiger partial charge in [-0.05, 0) is 19.4 Å². The molecule has 0 aliphatic carbocycles. The van der Waals surface area contributed by atoms with Gasteiger partial charge in [0.25, 0.3) is 0 Å². The lowest BCUT2D eigenvalue weighted by Crippen LogP contribution is -2.26. The molecule has 1 aliphatic rings. The molecule has 0 bridgehead atoms. The summed E-state index contributed by atoms with van der Waals surface area (Å²) in [5, 5.41) is 13.0. The second kappa shape index (κ2) is 7.73. The number of rotatable bonds is 4. The molecular weight excluding hydrogens is 412 g/mol. The predicted octanol–water partition coefficient (Wildman–Crippen LogP) is 3.90. The summed E-state index contributed by atoms with van der Waals surface area (Å²) in [6.45, 7) is 3.68. The number of hydrogen-bond donors (Lipinski definition) is 3. The minimum Gasteiger partial charge on any atom is -0.384 e. The first-order chi connectivity index (χ1) is 15.5. The number of hydrogen-bond acceptors (Lipinski definition) is 6. The van der Waals surface area contributed by atoms with Crippen molar-refractivity contribution >= 4 is 33.3 Å². The maximum absolute atomic E-state index is 15.2. The van der Waals surface area contributed by atoms with Crippen LogP contribution >= 0.6 is 0 Å². The van der Waals surface area contributed by atoms with Crippen LogP contribution in [0.3, 0.4) is 0 Å². The van der Waals surface area contributed by atoms with Crippen molar-refractivity contribution < 1.29 is 8.78 Å². The van der Waals surface area contributed by atoms with E-state index in [-0.39, 0.29) is 11.4 Å². The largest absolute Gasteiger partial charge is 0.384 e. The molecule has 1 aliphatic heterocycles. The van der Waals surface area contributed by atoms with E-state index in [0.717, 1.165) is 12.5 Å². The summed E-state index contributed by atoms with van der Waals surface area (Å²) in [4.78, 5) is 13.9. The van der Waals surface area contributed by atoms with Gasteiger partial charge in [-0.2, -0.15) is 5.26 Å². The summed E-state index contributed by atoms with van der Waals surface area (Å²) in [6, 6.07) is 4.93. The van der Waals surface area contributed by atoms with Crippen LogP contribution in [-0.2, 0) is 0 Å². The van der Waals surface area contributed by atoms with Gasteiger partial charge in [-0.3, -0.25) is 4.98 Å². The number of pyridine rings is 2. The zero-order valence-corrected chi connectivity index (χ0v) is 17.4. The Hall–Kier alpha value is -3.77. The van der Waals surface area contributed by atoms with Crippen molar-refractivity contribution in [2.75, 3.05) is 29.9 Å². The monoisotopic (exact) mass is 433 g/mol. The highest BCUT2D eigenvalue weighted by molar-refractivity contribution is 6.18. The Balaban J connectivity index is 1.90. The van der Waals surface area contributed by atoms with Gasteiger partial charge in [-0.25, -0.2) is 13.8 Å². The Bertz CT molecular complexity index is 1390. The van der Waals surface area contributed by atoms with Crippen LogP contribution in [-0.4, -0.2) is 40.6 Å². The van der Waals surface area contributed by atoms with Crippen molar-refractivity contribution in [3.8, 4) is 17.2 Å². The van der Waals surface area contributed by atoms with Gasteiger partial charge in [0.15, 0.2) is 11.6 Å². The molecule has 5 rings (SSSR count). The fraction of sp³-hybridized carbons (Fsp3) is 0.261. The fourth-order valence-corrected chi connectivity index (χ4v) is 4.45. The van der Waals surface area contributed by atoms with Crippen LogP contribution in [0.4, 0.5) is 20.2 Å². The molecule has 1 aromatic carbocycles. The van der Waals surface area contributed by atoms with Crippen molar-refractivity contribution in [2.24, 2.45) is 5.73 Å². The first-order valence-corrected chi connectivity index (χ1v) is 10.4. The van der Waals surface area contributed by atoms with Crippen LogP contribution in [0.15, 0.2) is 30.7 Å². The van der Waals surface area contributed by atoms with Gasteiger partial charge < -0.3 is 20.9 Å². The van der Waals surface area contributed by atoms with Crippen LogP contribution in [0.5, 0.6) is 0 Å². The summed E-state index contributed by atoms with van der Waals surface area (Å²) in [5.41, 5.74) is 10.0. The van der Waals surface area contributed by atoms with Gasteiger partial charge in [-0.1, -0.05) is 0 Å². The molecule has 7 nitrogen and oxygen atoms in total. The lowest BCUT2D eigenvalue weighted by atomic mass is 10.0. The number of nitrogens with one attached hydrogen (secondary N) is 2. The van der Waals surface area contributed by atoms with Gasteiger partial charge >= 0.3 is 0 Å². The zero-order chi connectivity index (χ0) is 22.4. The van der Waals surface area contributed by atoms with Crippen molar-refractivity contribution in [3.63, 3.8) is 0 Å². The maximum Gasteiger partial charge on any atom is 0.169 e. The number of nitrogens with zero attached hydrogens (tertiary/aromatic N) is 4. The van der Waals surface area contributed by atoms with E-state index in [4.69, 9.17) is 5.73 Å². The number of H-pyrrole nitrogens is 1. The average Bonchev–Trinajstić information content (AvgIpc) is 3.40. The minimum absolute atomic E-state index is 0.0289. The highest BCUT2D eigenvalue weighted by Gasteiger charge is 2.28. The van der Waals surface area contributed by atoms with Crippen LogP contribution in [0, 0.1) is 23.0 Å². The van der Waals surface area contributed by atoms with E-state index < -0.39 is 11.6 Å². The van der Waals surface area contributed by atoms with E-state index in [0.29, 0.717) is 64.2 Å². The minimum atomic E-state index is -0.933. The number of fused-ring (bicyclic) bond motifs is 3. The molecule has 1 saturated heterocycles. The molecule has 1 fully saturated rings. The standard InChI is InChI=1S/C23H21F2N7/c1-2-29-17-6-16(24)20(25)18-19-22(32-4-3-14(27)11-32)15(10-30-23(19)31-21(17)18)13-5-12(7-26)8-28-9-13/h5-6,8-10,14,29H,2-4,11,27H2,1H3,(H,30,31). The molecule has 0 radical (unpaired) electrons. The highest BCUT2D eigenvalue weighted by Crippen LogP contribution is 2.43. The molecule has 32 heavy (non-hydrogen) atoms. The molecule has 162 valence electrons. The summed E-state index contributed by atoms with van der Waals surface area (Å²) in [7, 11) is 0. The third kappa shape index (κ3) is 3.11. The lowest BCUT2D eigenvalue weighted by Gasteiger charge is -2.23. The molecule has 9 heteroatoms. The molecule has 4 heterocycles. The van der Waals surface area contributed by atoms with Crippen LogP contribution in [0.25, 0.3) is 33.1 Å². The Morgan fingerprint density at radius 1 is 1.28 bits per heavy atom. The molecular formula is C23H21F2N7. The summed E-state index contributed by atoms with van der Waals surface area (Å²) >= 11 is 0. The second-order valence-electron chi connectivity index (χ2n) is 7.94. The molecule has 1 atom stereocenters. The van der Waals surface area contributed by atoms with E-state index in [1.165, 1.54) is 6.20 Å². The van der Waals surface area contributed by atoms with Gasteiger partial charge in [0.1, 0.15) is 11.7 Å². The van der Waals surface area contributed by atoms with Crippen molar-refractivity contribution in [3.05, 3.63) is 47.9 Å². The van der Waals surface area contributed by atoms with Crippen molar-refractivity contribution in [2.45, 2.75) is 19.4 Å². The van der Waals surface area contributed by atoms with Crippen molar-refractivity contribution in [1.29, 1.82) is 5.26 Å². The molecule has 3 aromatic heterocycles. The van der Waals surface area contributed by atoms with Gasteiger partial charge in [0.2, 0.25) is 0 Å². The number of aromatic nitrogens is 3. The van der Waals surface area contributed by atoms with Gasteiger partial charge in [0, 0.05) is 61.5 Å². The SMILES string of the molecule is CCNc1cc(F)c(F)c2c1[nH]c1ncc(-c3cncc(C#N)c3)c(N3CCC(N)C3)c12. The number of anilines is 2. The summed E-state index contributed by atoms with van der Waals surface area (Å²) in [5.74, 6) is -1.86. The summed E-state index contributed by atoms with van der Waals surface area (Å²) in [6.07, 6.45) is 5.57. The van der Waals surface area contributed by atoms with E-state index >= 15 is 4.39 Å². The number of nitriles is 1. The zero-order valence-electron chi connectivity index (χ0n) is 17.4. The van der Waals surface area contributed by atoms with Crippen LogP contribution in [0.2, 0.25) is 0 Å². The number of benzene rings is 1. The fourth-order valence-electron chi connectivity index (χ4n) is 4.45. The van der Waals surface area contributed by atoms with E-state index in [9.17, 15) is 9.65 Å². The van der Waals surface area contributed by atoms with Gasteiger partial charge in [0.05, 0.1) is 33.2 Å². The third-order valence-corrected chi connectivity index (χ3v) is 5.85. The molecule has 4 aromatic rings. The molecule has 0 amide bonds. The molecule has 1 unspecified atom stereocenters. The topological polar surface area (TPSA) is 107 Å². The number of nitrogens with two attached hydrogens (primary N) is 1. The quantitative estimate of drug-likeness (QED) is 0.451. The highest BCUT2D eigenvalue weighted by atomic mass is 19.2. The second-order valence-corrected chi connectivity index (χ2v) is 7.94. The molecule has 0 saturated carbocycles. The van der Waals surface area contributed by atoms with Crippen LogP contribution in [0.1, 0.15) is 18.9 Å². The van der Waals surface area contributed by atoms with E-state index in [1.54, 1.807) is 18.5 Å². The number of halogens is 2. The summed E-state index contributed by atoms with van der Waals surface area (Å²) < 4.78 is 29.8.